The van der Waals surface area contributed by atoms with Gasteiger partial charge in [0.2, 0.25) is 5.11 Å². The van der Waals surface area contributed by atoms with Gasteiger partial charge in [-0.15, -0.1) is 5.11 Å². The fourth-order valence-corrected chi connectivity index (χ4v) is 2.44. The van der Waals surface area contributed by atoms with E-state index in [1.807, 2.05) is 59.5 Å². The fourth-order valence-electron chi connectivity index (χ4n) is 2.17. The highest BCUT2D eigenvalue weighted by molar-refractivity contribution is 7.80. The first-order valence-electron chi connectivity index (χ1n) is 6.84. The van der Waals surface area contributed by atoms with E-state index in [1.165, 1.54) is 0 Å². The summed E-state index contributed by atoms with van der Waals surface area (Å²) in [7, 11) is 1.63. The molecular weight excluding hydrogens is 298 g/mol. The molecule has 2 aromatic rings. The van der Waals surface area contributed by atoms with Crippen LogP contribution >= 0.6 is 12.2 Å². The predicted octanol–water partition coefficient (Wildman–Crippen LogP) is 3.66. The van der Waals surface area contributed by atoms with E-state index in [2.05, 4.69) is 10.2 Å². The quantitative estimate of drug-likeness (QED) is 0.790. The number of nitrogens with zero attached hydrogens (tertiary/aromatic N) is 3. The largest absolute Gasteiger partial charge is 0.497 e. The minimum Gasteiger partial charge on any atom is -0.497 e. The summed E-state index contributed by atoms with van der Waals surface area (Å²) in [5.74, 6) is 1.54. The standard InChI is InChI=1S/C16H15N3O2S/c1-20-13-7-9-14(10-8-13)21-11-15-17-18-16(22)19(15)12-5-3-2-4-6-12/h2-10,15H,11H2,1H3. The van der Waals surface area contributed by atoms with Crippen molar-refractivity contribution in [1.29, 1.82) is 0 Å². The second kappa shape index (κ2) is 6.53. The van der Waals surface area contributed by atoms with Gasteiger partial charge in [0.25, 0.3) is 0 Å². The third-order valence-corrected chi connectivity index (χ3v) is 3.55. The van der Waals surface area contributed by atoms with Crippen LogP contribution in [-0.4, -0.2) is 25.0 Å². The van der Waals surface area contributed by atoms with E-state index in [1.54, 1.807) is 7.11 Å². The molecule has 0 aromatic heterocycles. The van der Waals surface area contributed by atoms with Crippen molar-refractivity contribution < 1.29 is 9.47 Å². The first-order chi connectivity index (χ1) is 10.8. The minimum atomic E-state index is -0.253. The van der Waals surface area contributed by atoms with Crippen LogP contribution < -0.4 is 14.4 Å². The third-order valence-electron chi connectivity index (χ3n) is 3.27. The normalized spacial score (nSPS) is 16.9. The molecule has 112 valence electrons. The molecule has 1 aliphatic rings. The van der Waals surface area contributed by atoms with E-state index < -0.39 is 0 Å². The highest BCUT2D eigenvalue weighted by Gasteiger charge is 2.28. The van der Waals surface area contributed by atoms with Gasteiger partial charge in [0.1, 0.15) is 18.1 Å². The number of anilines is 1. The Balaban J connectivity index is 1.68. The number of azo groups is 1. The van der Waals surface area contributed by atoms with Crippen LogP contribution in [0.4, 0.5) is 5.69 Å². The maximum absolute atomic E-state index is 5.78. The first-order valence-corrected chi connectivity index (χ1v) is 7.25. The van der Waals surface area contributed by atoms with Gasteiger partial charge < -0.3 is 9.47 Å². The highest BCUT2D eigenvalue weighted by Crippen LogP contribution is 2.24. The van der Waals surface area contributed by atoms with Gasteiger partial charge in [-0.2, -0.15) is 5.11 Å². The maximum atomic E-state index is 5.78. The lowest BCUT2D eigenvalue weighted by Crippen LogP contribution is -2.36. The zero-order valence-corrected chi connectivity index (χ0v) is 12.9. The second-order valence-corrected chi connectivity index (χ2v) is 5.04. The molecule has 0 saturated carbocycles. The lowest BCUT2D eigenvalue weighted by atomic mass is 10.3. The average molecular weight is 313 g/mol. The monoisotopic (exact) mass is 313 g/mol. The van der Waals surface area contributed by atoms with E-state index in [0.29, 0.717) is 11.7 Å². The van der Waals surface area contributed by atoms with Crippen LogP contribution in [-0.2, 0) is 0 Å². The number of methoxy groups -OCH3 is 1. The number of hydrogen-bond donors (Lipinski definition) is 0. The van der Waals surface area contributed by atoms with Crippen LogP contribution in [0.3, 0.4) is 0 Å². The van der Waals surface area contributed by atoms with Crippen LogP contribution in [0.1, 0.15) is 0 Å². The summed E-state index contributed by atoms with van der Waals surface area (Å²) in [6, 6.07) is 17.2. The summed E-state index contributed by atoms with van der Waals surface area (Å²) in [6.45, 7) is 0.366. The van der Waals surface area contributed by atoms with Crippen molar-refractivity contribution in [1.82, 2.24) is 0 Å². The Labute approximate surface area is 134 Å². The fraction of sp³-hybridized carbons (Fsp3) is 0.188. The number of benzene rings is 2. The van der Waals surface area contributed by atoms with Gasteiger partial charge in [0.15, 0.2) is 6.17 Å². The lowest BCUT2D eigenvalue weighted by molar-refractivity contribution is 0.292. The maximum Gasteiger partial charge on any atom is 0.222 e. The van der Waals surface area contributed by atoms with Gasteiger partial charge in [-0.05, 0) is 48.6 Å². The molecule has 0 N–H and O–H groups in total. The zero-order valence-electron chi connectivity index (χ0n) is 12.0. The third kappa shape index (κ3) is 3.07. The molecule has 1 unspecified atom stereocenters. The average Bonchev–Trinajstić information content (AvgIpc) is 2.95. The molecule has 0 aliphatic carbocycles. The van der Waals surface area contributed by atoms with Crippen molar-refractivity contribution in [3.05, 3.63) is 54.6 Å². The predicted molar refractivity (Wildman–Crippen MR) is 88.7 cm³/mol. The molecule has 0 spiro atoms. The van der Waals surface area contributed by atoms with Gasteiger partial charge in [-0.3, -0.25) is 4.90 Å². The molecule has 0 radical (unpaired) electrons. The lowest BCUT2D eigenvalue weighted by Gasteiger charge is -2.23. The van der Waals surface area contributed by atoms with Gasteiger partial charge in [0.05, 0.1) is 7.11 Å². The number of ether oxygens (including phenoxy) is 2. The van der Waals surface area contributed by atoms with Gasteiger partial charge in [-0.1, -0.05) is 18.2 Å². The molecule has 22 heavy (non-hydrogen) atoms. The van der Waals surface area contributed by atoms with Crippen LogP contribution in [0.2, 0.25) is 0 Å². The van der Waals surface area contributed by atoms with E-state index >= 15 is 0 Å². The van der Waals surface area contributed by atoms with Crippen molar-refractivity contribution in [3.63, 3.8) is 0 Å². The molecule has 0 amide bonds. The molecular formula is C16H15N3O2S. The summed E-state index contributed by atoms with van der Waals surface area (Å²) in [5, 5.41) is 8.63. The molecule has 5 nitrogen and oxygen atoms in total. The van der Waals surface area contributed by atoms with E-state index in [4.69, 9.17) is 21.7 Å². The topological polar surface area (TPSA) is 46.4 Å². The van der Waals surface area contributed by atoms with E-state index in [0.717, 1.165) is 17.2 Å². The molecule has 1 atom stereocenters. The molecule has 2 aromatic carbocycles. The Morgan fingerprint density at radius 1 is 1.05 bits per heavy atom. The van der Waals surface area contributed by atoms with Crippen LogP contribution in [0.5, 0.6) is 11.5 Å². The molecule has 0 bridgehead atoms. The molecule has 6 heteroatoms. The molecule has 0 fully saturated rings. The zero-order chi connectivity index (χ0) is 15.4. The smallest absolute Gasteiger partial charge is 0.222 e. The Kier molecular flexibility index (Phi) is 4.29. The Morgan fingerprint density at radius 3 is 2.41 bits per heavy atom. The summed E-state index contributed by atoms with van der Waals surface area (Å²) in [4.78, 5) is 1.89. The summed E-state index contributed by atoms with van der Waals surface area (Å²) in [5.41, 5.74) is 0.959. The van der Waals surface area contributed by atoms with Crippen LogP contribution in [0.25, 0.3) is 0 Å². The SMILES string of the molecule is COc1ccc(OCC2N=NC(=S)N2c2ccccc2)cc1. The molecule has 3 rings (SSSR count). The Hall–Kier alpha value is -2.47. The van der Waals surface area contributed by atoms with Gasteiger partial charge in [-0.25, -0.2) is 0 Å². The Morgan fingerprint density at radius 2 is 1.73 bits per heavy atom. The number of thiocarbonyl (C=S) groups is 1. The second-order valence-electron chi connectivity index (χ2n) is 4.67. The summed E-state index contributed by atoms with van der Waals surface area (Å²) in [6.07, 6.45) is -0.253. The Bertz CT molecular complexity index is 674. The first kappa shape index (κ1) is 14.5. The molecule has 0 saturated heterocycles. The van der Waals surface area contributed by atoms with Crippen molar-refractivity contribution >= 4 is 23.0 Å². The van der Waals surface area contributed by atoms with Crippen molar-refractivity contribution in [3.8, 4) is 11.5 Å². The van der Waals surface area contributed by atoms with Crippen LogP contribution in [0, 0.1) is 0 Å². The van der Waals surface area contributed by atoms with Gasteiger partial charge in [0, 0.05) is 5.69 Å². The summed E-state index contributed by atoms with van der Waals surface area (Å²) < 4.78 is 10.9. The molecule has 1 aliphatic heterocycles. The van der Waals surface area contributed by atoms with Gasteiger partial charge >= 0.3 is 0 Å². The van der Waals surface area contributed by atoms with Crippen molar-refractivity contribution in [2.75, 3.05) is 18.6 Å². The number of rotatable bonds is 5. The van der Waals surface area contributed by atoms with Crippen molar-refractivity contribution in [2.24, 2.45) is 10.2 Å². The van der Waals surface area contributed by atoms with E-state index in [-0.39, 0.29) is 6.17 Å². The van der Waals surface area contributed by atoms with Crippen molar-refractivity contribution in [2.45, 2.75) is 6.17 Å². The highest BCUT2D eigenvalue weighted by atomic mass is 32.1. The summed E-state index contributed by atoms with van der Waals surface area (Å²) >= 11 is 5.26. The van der Waals surface area contributed by atoms with E-state index in [9.17, 15) is 0 Å². The van der Waals surface area contributed by atoms with Crippen LogP contribution in [0.15, 0.2) is 64.8 Å². The minimum absolute atomic E-state index is 0.253. The molecule has 1 heterocycles. The number of hydrogen-bond acceptors (Lipinski definition) is 4. The number of para-hydroxylation sites is 1.